The van der Waals surface area contributed by atoms with Crippen molar-refractivity contribution in [2.75, 3.05) is 26.0 Å². The van der Waals surface area contributed by atoms with Gasteiger partial charge in [-0.1, -0.05) is 18.2 Å². The van der Waals surface area contributed by atoms with Gasteiger partial charge in [0.1, 0.15) is 0 Å². The lowest BCUT2D eigenvalue weighted by atomic mass is 10.3. The summed E-state index contributed by atoms with van der Waals surface area (Å²) in [5.41, 5.74) is 6.18. The summed E-state index contributed by atoms with van der Waals surface area (Å²) in [6.07, 6.45) is 4.20. The summed E-state index contributed by atoms with van der Waals surface area (Å²) in [5.74, 6) is 0. The van der Waals surface area contributed by atoms with Crippen LogP contribution in [-0.4, -0.2) is 37.3 Å². The second-order valence-corrected chi connectivity index (χ2v) is 4.01. The van der Waals surface area contributed by atoms with E-state index in [1.807, 2.05) is 30.3 Å². The summed E-state index contributed by atoms with van der Waals surface area (Å²) in [7, 11) is -3.92. The Balaban J connectivity index is 0.000000280. The van der Waals surface area contributed by atoms with Crippen LogP contribution in [0.25, 0.3) is 0 Å². The van der Waals surface area contributed by atoms with Crippen LogP contribution in [-0.2, 0) is 0 Å². The number of hydrogen-bond acceptors (Lipinski definition) is 3. The van der Waals surface area contributed by atoms with Gasteiger partial charge in [0.25, 0.3) is 0 Å². The Bertz CT molecular complexity index is 378. The van der Waals surface area contributed by atoms with Gasteiger partial charge in [0.15, 0.2) is 0 Å². The average molecular weight is 292 g/mol. The van der Waals surface area contributed by atoms with Gasteiger partial charge >= 0.3 is 7.25 Å². The molecule has 0 aliphatic carbocycles. The van der Waals surface area contributed by atoms with E-state index in [2.05, 4.69) is 36.2 Å². The van der Waals surface area contributed by atoms with Crippen LogP contribution in [0.2, 0.25) is 0 Å². The number of benzene rings is 1. The number of anilines is 1. The van der Waals surface area contributed by atoms with Crippen LogP contribution in [0.1, 0.15) is 6.92 Å². The zero-order valence-electron chi connectivity index (χ0n) is 11.5. The highest BCUT2D eigenvalue weighted by Gasteiger charge is 2.20. The van der Waals surface area contributed by atoms with E-state index in [1.165, 1.54) is 0 Å². The Kier molecular flexibility index (Phi) is 8.27. The molecule has 2 N–H and O–H groups in total. The molecular weight excluding hydrogens is 273 g/mol. The van der Waals surface area contributed by atoms with Gasteiger partial charge in [-0.25, -0.2) is 0 Å². The van der Waals surface area contributed by atoms with Crippen LogP contribution in [0, 0.1) is 0 Å². The molecule has 20 heavy (non-hydrogen) atoms. The van der Waals surface area contributed by atoms with Crippen molar-refractivity contribution in [1.29, 1.82) is 0 Å². The minimum absolute atomic E-state index is 0.822. The Labute approximate surface area is 116 Å². The van der Waals surface area contributed by atoms with Crippen LogP contribution in [0.5, 0.6) is 0 Å². The average Bonchev–Trinajstić information content (AvgIpc) is 2.75. The van der Waals surface area contributed by atoms with Crippen molar-refractivity contribution in [2.45, 2.75) is 6.92 Å². The molecule has 0 radical (unpaired) electrons. The monoisotopic (exact) mass is 292 g/mol. The van der Waals surface area contributed by atoms with Crippen molar-refractivity contribution in [3.63, 3.8) is 0 Å². The molecule has 0 bridgehead atoms. The molecular formula is C12H19BF4N3-. The molecule has 0 spiro atoms. The van der Waals surface area contributed by atoms with Crippen LogP contribution in [0.15, 0.2) is 42.7 Å². The van der Waals surface area contributed by atoms with Gasteiger partial charge in [-0.3, -0.25) is 0 Å². The molecule has 1 aromatic carbocycles. The molecule has 0 amide bonds. The largest absolute Gasteiger partial charge is 0.673 e. The minimum Gasteiger partial charge on any atom is -0.418 e. The van der Waals surface area contributed by atoms with Gasteiger partial charge in [-0.2, -0.15) is 0 Å². The Morgan fingerprint density at radius 2 is 1.60 bits per heavy atom. The highest BCUT2D eigenvalue weighted by Crippen LogP contribution is 2.06. The molecule has 0 atom stereocenters. The third-order valence-electron chi connectivity index (χ3n) is 2.14. The third-order valence-corrected chi connectivity index (χ3v) is 2.14. The van der Waals surface area contributed by atoms with Gasteiger partial charge < -0.3 is 32.8 Å². The van der Waals surface area contributed by atoms with E-state index in [4.69, 9.17) is 5.73 Å². The number of hydrogen-bond donors (Lipinski definition) is 1. The maximum atomic E-state index is 9.75. The quantitative estimate of drug-likeness (QED) is 0.490. The van der Waals surface area contributed by atoms with Crippen molar-refractivity contribution < 1.29 is 17.3 Å². The second kappa shape index (κ2) is 9.11. The van der Waals surface area contributed by atoms with Crippen molar-refractivity contribution in [1.82, 2.24) is 9.80 Å². The molecule has 3 nitrogen and oxygen atoms in total. The SMILES string of the molecule is CCN1C=CN(C)C1.F[B-](F)(F)F.Nc1ccccc1. The first-order valence-electron chi connectivity index (χ1n) is 6.02. The Morgan fingerprint density at radius 1 is 1.10 bits per heavy atom. The maximum absolute atomic E-state index is 9.75. The molecule has 0 unspecified atom stereocenters. The fourth-order valence-electron chi connectivity index (χ4n) is 1.25. The van der Waals surface area contributed by atoms with E-state index in [1.54, 1.807) is 0 Å². The molecule has 1 aliphatic heterocycles. The van der Waals surface area contributed by atoms with E-state index in [-0.39, 0.29) is 0 Å². The molecule has 0 fully saturated rings. The Hall–Kier alpha value is -1.86. The lowest BCUT2D eigenvalue weighted by Crippen LogP contribution is -2.21. The standard InChI is InChI=1S/C6H12N2.C6H7N.BF4/c1-3-8-5-4-7(2)6-8;7-6-4-2-1-3-5-6;2-1(3,4)5/h4-5H,3,6H2,1-2H3;1-5H,7H2;/q;;-1. The molecule has 1 aliphatic rings. The normalized spacial score (nSPS) is 13.3. The van der Waals surface area contributed by atoms with Crippen molar-refractivity contribution in [2.24, 2.45) is 0 Å². The topological polar surface area (TPSA) is 32.5 Å². The molecule has 114 valence electrons. The summed E-state index contributed by atoms with van der Waals surface area (Å²) in [5, 5.41) is 0. The van der Waals surface area contributed by atoms with E-state index in [0.717, 1.165) is 18.9 Å². The van der Waals surface area contributed by atoms with Gasteiger partial charge in [-0.15, -0.1) is 0 Å². The fraction of sp³-hybridized carbons (Fsp3) is 0.333. The first-order chi connectivity index (χ1) is 9.22. The number of nitrogen functional groups attached to an aromatic ring is 1. The van der Waals surface area contributed by atoms with Crippen molar-refractivity contribution >= 4 is 12.9 Å². The molecule has 0 saturated heterocycles. The summed E-state index contributed by atoms with van der Waals surface area (Å²) in [6, 6.07) is 9.49. The van der Waals surface area contributed by atoms with Crippen molar-refractivity contribution in [3.05, 3.63) is 42.7 Å². The number of para-hydroxylation sites is 1. The maximum Gasteiger partial charge on any atom is 0.673 e. The van der Waals surface area contributed by atoms with Crippen LogP contribution in [0.3, 0.4) is 0 Å². The first-order valence-corrected chi connectivity index (χ1v) is 6.02. The smallest absolute Gasteiger partial charge is 0.418 e. The van der Waals surface area contributed by atoms with Crippen LogP contribution >= 0.6 is 0 Å². The van der Waals surface area contributed by atoms with E-state index in [9.17, 15) is 17.3 Å². The molecule has 1 aromatic rings. The van der Waals surface area contributed by atoms with E-state index in [0.29, 0.717) is 0 Å². The van der Waals surface area contributed by atoms with Gasteiger partial charge in [0.2, 0.25) is 0 Å². The van der Waals surface area contributed by atoms with Gasteiger partial charge in [0, 0.05) is 31.7 Å². The number of nitrogens with two attached hydrogens (primary N) is 1. The molecule has 0 aromatic heterocycles. The van der Waals surface area contributed by atoms with Crippen LogP contribution in [0.4, 0.5) is 23.0 Å². The predicted molar refractivity (Wildman–Crippen MR) is 75.2 cm³/mol. The summed E-state index contributed by atoms with van der Waals surface area (Å²) in [4.78, 5) is 4.41. The summed E-state index contributed by atoms with van der Waals surface area (Å²) >= 11 is 0. The van der Waals surface area contributed by atoms with Crippen LogP contribution < -0.4 is 5.73 Å². The molecule has 1 heterocycles. The van der Waals surface area contributed by atoms with Gasteiger partial charge in [0.05, 0.1) is 6.67 Å². The highest BCUT2D eigenvalue weighted by atomic mass is 19.5. The second-order valence-electron chi connectivity index (χ2n) is 4.01. The minimum atomic E-state index is -6.00. The molecule has 2 rings (SSSR count). The first kappa shape index (κ1) is 18.1. The zero-order chi connectivity index (χ0) is 15.6. The highest BCUT2D eigenvalue weighted by molar-refractivity contribution is 6.50. The molecule has 0 saturated carbocycles. The van der Waals surface area contributed by atoms with Gasteiger partial charge in [-0.05, 0) is 19.1 Å². The van der Waals surface area contributed by atoms with E-state index < -0.39 is 7.25 Å². The summed E-state index contributed by atoms with van der Waals surface area (Å²) < 4.78 is 39.0. The lowest BCUT2D eigenvalue weighted by Gasteiger charge is -2.14. The van der Waals surface area contributed by atoms with E-state index >= 15 is 0 Å². The zero-order valence-corrected chi connectivity index (χ0v) is 11.5. The Morgan fingerprint density at radius 3 is 1.80 bits per heavy atom. The van der Waals surface area contributed by atoms with Crippen molar-refractivity contribution in [3.8, 4) is 0 Å². The predicted octanol–water partition coefficient (Wildman–Crippen LogP) is 3.25. The summed E-state index contributed by atoms with van der Waals surface area (Å²) in [6.45, 7) is 4.32. The third kappa shape index (κ3) is 12.6. The number of rotatable bonds is 1. The fourth-order valence-corrected chi connectivity index (χ4v) is 1.25. The molecule has 8 heteroatoms. The lowest BCUT2D eigenvalue weighted by molar-refractivity contribution is 0.308. The number of halogens is 4. The number of nitrogens with zero attached hydrogens (tertiary/aromatic N) is 2.